The van der Waals surface area contributed by atoms with Crippen molar-refractivity contribution in [3.63, 3.8) is 0 Å². The van der Waals surface area contributed by atoms with E-state index in [2.05, 4.69) is 10.6 Å². The molecule has 1 aromatic carbocycles. The molecule has 9 nitrogen and oxygen atoms in total. The van der Waals surface area contributed by atoms with E-state index in [1.807, 2.05) is 0 Å². The Bertz CT molecular complexity index is 867. The number of nitrogens with one attached hydrogen (secondary N) is 2. The van der Waals surface area contributed by atoms with Gasteiger partial charge in [-0.05, 0) is 32.9 Å². The number of carbonyl (C=O) groups is 3. The molecule has 1 atom stereocenters. The lowest BCUT2D eigenvalue weighted by atomic mass is 10.3. The quantitative estimate of drug-likeness (QED) is 0.743. The number of benzene rings is 1. The number of fused-ring (bicyclic) bond motifs is 1. The van der Waals surface area contributed by atoms with Gasteiger partial charge in [-0.3, -0.25) is 19.5 Å². The zero-order valence-electron chi connectivity index (χ0n) is 14.8. The highest BCUT2D eigenvalue weighted by Gasteiger charge is 2.20. The lowest BCUT2D eigenvalue weighted by molar-refractivity contribution is -0.154. The maximum absolute atomic E-state index is 11.9. The average Bonchev–Trinajstić information content (AvgIpc) is 2.87. The van der Waals surface area contributed by atoms with E-state index in [1.54, 1.807) is 38.1 Å². The van der Waals surface area contributed by atoms with Crippen LogP contribution in [0.3, 0.4) is 0 Å². The number of urea groups is 1. The van der Waals surface area contributed by atoms with Crippen LogP contribution in [0.2, 0.25) is 0 Å². The molecule has 2 N–H and O–H groups in total. The summed E-state index contributed by atoms with van der Waals surface area (Å²) in [6, 6.07) is 6.04. The van der Waals surface area contributed by atoms with Gasteiger partial charge in [-0.15, -0.1) is 0 Å². The van der Waals surface area contributed by atoms with E-state index in [1.165, 1.54) is 11.5 Å². The lowest BCUT2D eigenvalue weighted by Crippen LogP contribution is -2.46. The smallest absolute Gasteiger partial charge is 0.419 e. The summed E-state index contributed by atoms with van der Waals surface area (Å²) < 4.78 is 11.4. The molecule has 0 fully saturated rings. The third-order valence-electron chi connectivity index (χ3n) is 3.45. The molecule has 0 radical (unpaired) electrons. The maximum atomic E-state index is 11.9. The lowest BCUT2D eigenvalue weighted by Gasteiger charge is -2.14. The SMILES string of the molecule is CC(C)NC(=O)NC(=O)[C@@H](C)OC(=O)CCn1c(=O)oc2ccccc21. The van der Waals surface area contributed by atoms with E-state index in [-0.39, 0.29) is 19.0 Å². The molecule has 0 aliphatic carbocycles. The second-order valence-corrected chi connectivity index (χ2v) is 5.99. The van der Waals surface area contributed by atoms with Gasteiger partial charge < -0.3 is 14.5 Å². The number of imide groups is 1. The van der Waals surface area contributed by atoms with Crippen LogP contribution < -0.4 is 16.4 Å². The van der Waals surface area contributed by atoms with E-state index in [4.69, 9.17) is 9.15 Å². The Hall–Kier alpha value is -3.10. The summed E-state index contributed by atoms with van der Waals surface area (Å²) in [6.07, 6.45) is -1.27. The van der Waals surface area contributed by atoms with Crippen LogP contribution in [0.25, 0.3) is 11.1 Å². The van der Waals surface area contributed by atoms with E-state index >= 15 is 0 Å². The summed E-state index contributed by atoms with van der Waals surface area (Å²) in [6.45, 7) is 4.90. The predicted molar refractivity (Wildman–Crippen MR) is 92.5 cm³/mol. The number of aromatic nitrogens is 1. The van der Waals surface area contributed by atoms with Gasteiger partial charge in [-0.25, -0.2) is 9.59 Å². The van der Waals surface area contributed by atoms with Crippen LogP contribution in [-0.2, 0) is 20.9 Å². The van der Waals surface area contributed by atoms with Crippen LogP contribution in [0.15, 0.2) is 33.5 Å². The zero-order chi connectivity index (χ0) is 19.3. The Kier molecular flexibility index (Phi) is 6.16. The summed E-state index contributed by atoms with van der Waals surface area (Å²) in [5.74, 6) is -1.98. The molecule has 3 amide bonds. The van der Waals surface area contributed by atoms with Crippen molar-refractivity contribution in [1.29, 1.82) is 0 Å². The molecule has 1 heterocycles. The molecule has 1 aromatic heterocycles. The summed E-state index contributed by atoms with van der Waals surface area (Å²) >= 11 is 0. The number of ether oxygens (including phenoxy) is 1. The van der Waals surface area contributed by atoms with Gasteiger partial charge in [0, 0.05) is 12.6 Å². The monoisotopic (exact) mass is 363 g/mol. The van der Waals surface area contributed by atoms with Crippen molar-refractivity contribution in [1.82, 2.24) is 15.2 Å². The predicted octanol–water partition coefficient (Wildman–Crippen LogP) is 1.15. The molecule has 2 rings (SSSR count). The molecule has 0 saturated heterocycles. The largest absolute Gasteiger partial charge is 0.452 e. The number of para-hydroxylation sites is 2. The third-order valence-corrected chi connectivity index (χ3v) is 3.45. The number of aryl methyl sites for hydroxylation is 1. The number of hydrogen-bond acceptors (Lipinski definition) is 6. The van der Waals surface area contributed by atoms with Crippen LogP contribution in [0.4, 0.5) is 4.79 Å². The molecular formula is C17H21N3O6. The molecule has 0 aliphatic heterocycles. The van der Waals surface area contributed by atoms with Crippen molar-refractivity contribution in [2.45, 2.75) is 45.9 Å². The summed E-state index contributed by atoms with van der Waals surface area (Å²) in [5, 5.41) is 4.57. The van der Waals surface area contributed by atoms with Crippen molar-refractivity contribution in [3.8, 4) is 0 Å². The van der Waals surface area contributed by atoms with Crippen LogP contribution in [0.1, 0.15) is 27.2 Å². The van der Waals surface area contributed by atoms with Gasteiger partial charge in [0.2, 0.25) is 0 Å². The first-order valence-corrected chi connectivity index (χ1v) is 8.17. The van der Waals surface area contributed by atoms with Crippen molar-refractivity contribution in [2.24, 2.45) is 0 Å². The number of hydrogen-bond donors (Lipinski definition) is 2. The summed E-state index contributed by atoms with van der Waals surface area (Å²) in [4.78, 5) is 47.0. The molecule has 9 heteroatoms. The number of esters is 1. The Morgan fingerprint density at radius 2 is 1.88 bits per heavy atom. The highest BCUT2D eigenvalue weighted by molar-refractivity contribution is 5.97. The number of carbonyl (C=O) groups excluding carboxylic acids is 3. The van der Waals surface area contributed by atoms with E-state index < -0.39 is 29.8 Å². The Morgan fingerprint density at radius 3 is 2.58 bits per heavy atom. The Balaban J connectivity index is 1.88. The Morgan fingerprint density at radius 1 is 1.19 bits per heavy atom. The van der Waals surface area contributed by atoms with Gasteiger partial charge in [0.1, 0.15) is 0 Å². The third kappa shape index (κ3) is 4.95. The van der Waals surface area contributed by atoms with E-state index in [0.717, 1.165) is 0 Å². The van der Waals surface area contributed by atoms with Gasteiger partial charge in [-0.1, -0.05) is 12.1 Å². The van der Waals surface area contributed by atoms with Crippen LogP contribution in [-0.4, -0.2) is 34.6 Å². The minimum atomic E-state index is -1.14. The number of rotatable bonds is 6. The first-order valence-electron chi connectivity index (χ1n) is 8.17. The minimum Gasteiger partial charge on any atom is -0.452 e. The molecule has 0 aliphatic rings. The highest BCUT2D eigenvalue weighted by atomic mass is 16.5. The minimum absolute atomic E-state index is 0.0524. The number of amides is 3. The number of oxazole rings is 1. The Labute approximate surface area is 149 Å². The van der Waals surface area contributed by atoms with Crippen molar-refractivity contribution in [3.05, 3.63) is 34.8 Å². The second-order valence-electron chi connectivity index (χ2n) is 5.99. The normalized spacial score (nSPS) is 12.0. The first-order chi connectivity index (χ1) is 12.3. The maximum Gasteiger partial charge on any atom is 0.419 e. The first kappa shape index (κ1) is 19.2. The second kappa shape index (κ2) is 8.32. The molecule has 0 bridgehead atoms. The molecule has 2 aromatic rings. The van der Waals surface area contributed by atoms with Crippen molar-refractivity contribution >= 4 is 29.0 Å². The van der Waals surface area contributed by atoms with Gasteiger partial charge in [0.05, 0.1) is 11.9 Å². The molecular weight excluding hydrogens is 342 g/mol. The van der Waals surface area contributed by atoms with Crippen LogP contribution in [0.5, 0.6) is 0 Å². The van der Waals surface area contributed by atoms with Crippen molar-refractivity contribution < 1.29 is 23.5 Å². The molecule has 0 saturated carbocycles. The molecule has 140 valence electrons. The molecule has 26 heavy (non-hydrogen) atoms. The van der Waals surface area contributed by atoms with Crippen molar-refractivity contribution in [2.75, 3.05) is 0 Å². The van der Waals surface area contributed by atoms with Gasteiger partial charge in [-0.2, -0.15) is 0 Å². The van der Waals surface area contributed by atoms with Crippen LogP contribution >= 0.6 is 0 Å². The van der Waals surface area contributed by atoms with Gasteiger partial charge in [0.25, 0.3) is 5.91 Å². The average molecular weight is 363 g/mol. The van der Waals surface area contributed by atoms with E-state index in [0.29, 0.717) is 11.1 Å². The summed E-state index contributed by atoms with van der Waals surface area (Å²) in [5.41, 5.74) is 0.997. The highest BCUT2D eigenvalue weighted by Crippen LogP contribution is 2.12. The molecule has 0 unspecified atom stereocenters. The fourth-order valence-electron chi connectivity index (χ4n) is 2.25. The number of nitrogens with zero attached hydrogens (tertiary/aromatic N) is 1. The van der Waals surface area contributed by atoms with E-state index in [9.17, 15) is 19.2 Å². The topological polar surface area (TPSA) is 120 Å². The summed E-state index contributed by atoms with van der Waals surface area (Å²) in [7, 11) is 0. The fraction of sp³-hybridized carbons (Fsp3) is 0.412. The van der Waals surface area contributed by atoms with Crippen LogP contribution in [0, 0.1) is 0 Å². The molecule has 0 spiro atoms. The fourth-order valence-corrected chi connectivity index (χ4v) is 2.25. The standard InChI is InChI=1S/C17H21N3O6/c1-10(2)18-16(23)19-15(22)11(3)25-14(21)8-9-20-12-6-4-5-7-13(12)26-17(20)24/h4-7,10-11H,8-9H2,1-3H3,(H2,18,19,22,23)/t11-/m1/s1. The zero-order valence-corrected chi connectivity index (χ0v) is 14.8. The van der Waals surface area contributed by atoms with Gasteiger partial charge >= 0.3 is 17.8 Å². The van der Waals surface area contributed by atoms with Gasteiger partial charge in [0.15, 0.2) is 11.7 Å².